The Morgan fingerprint density at radius 3 is 2.54 bits per heavy atom. The highest BCUT2D eigenvalue weighted by Crippen LogP contribution is 2.65. The van der Waals surface area contributed by atoms with E-state index >= 15 is 0 Å². The van der Waals surface area contributed by atoms with E-state index in [1.165, 1.54) is 0 Å². The van der Waals surface area contributed by atoms with Crippen molar-refractivity contribution in [1.29, 1.82) is 0 Å². The van der Waals surface area contributed by atoms with Gasteiger partial charge in [-0.25, -0.2) is 9.78 Å². The number of hydrogen-bond acceptors (Lipinski definition) is 5. The molecule has 5 nitrogen and oxygen atoms in total. The maximum Gasteiger partial charge on any atom is 0.357 e. The third kappa shape index (κ3) is 1.67. The molecule has 1 aliphatic carbocycles. The molecule has 1 saturated heterocycles. The lowest BCUT2D eigenvalue weighted by Gasteiger charge is -2.34. The number of rotatable bonds is 2. The molecule has 2 aliphatic rings. The van der Waals surface area contributed by atoms with Gasteiger partial charge in [-0.1, -0.05) is 32.0 Å². The molecule has 2 heterocycles. The number of esters is 2. The summed E-state index contributed by atoms with van der Waals surface area (Å²) in [7, 11) is 0. The van der Waals surface area contributed by atoms with Crippen LogP contribution in [0.3, 0.4) is 0 Å². The molecular weight excluding hydrogens is 306 g/mol. The molecule has 4 rings (SSSR count). The van der Waals surface area contributed by atoms with Crippen molar-refractivity contribution in [2.45, 2.75) is 39.2 Å². The van der Waals surface area contributed by atoms with Gasteiger partial charge in [-0.3, -0.25) is 4.79 Å². The van der Waals surface area contributed by atoms with Crippen LogP contribution in [0.1, 0.15) is 33.6 Å². The van der Waals surface area contributed by atoms with Crippen molar-refractivity contribution in [3.05, 3.63) is 36.4 Å². The number of ether oxygens (including phenoxy) is 2. The largest absolute Gasteiger partial charge is 0.446 e. The standard InChI is InChI=1S/C19H19NO4/c1-17(2)18(3)10-11-19(17,24-15(18)21)16(22)23-14-9-8-12-6-4-5-7-13(12)20-14/h4-9H,10-11H2,1-3H3. The molecule has 2 atom stereocenters. The minimum absolute atomic E-state index is 0.223. The topological polar surface area (TPSA) is 65.5 Å². The zero-order chi connectivity index (χ0) is 17.2. The van der Waals surface area contributed by atoms with Gasteiger partial charge in [0.05, 0.1) is 10.9 Å². The summed E-state index contributed by atoms with van der Waals surface area (Å²) in [5.74, 6) is -0.632. The minimum atomic E-state index is -1.23. The predicted molar refractivity (Wildman–Crippen MR) is 87.3 cm³/mol. The minimum Gasteiger partial charge on any atom is -0.446 e. The monoisotopic (exact) mass is 325 g/mol. The van der Waals surface area contributed by atoms with E-state index < -0.39 is 22.4 Å². The van der Waals surface area contributed by atoms with Gasteiger partial charge in [0.25, 0.3) is 0 Å². The fourth-order valence-electron chi connectivity index (χ4n) is 3.98. The molecule has 2 fully saturated rings. The van der Waals surface area contributed by atoms with Crippen LogP contribution in [-0.2, 0) is 14.3 Å². The third-order valence-corrected chi connectivity index (χ3v) is 6.18. The second kappa shape index (κ2) is 4.56. The molecule has 0 N–H and O–H groups in total. The number of benzene rings is 1. The van der Waals surface area contributed by atoms with Crippen LogP contribution in [0.2, 0.25) is 0 Å². The normalized spacial score (nSPS) is 30.4. The number of hydrogen-bond donors (Lipinski definition) is 0. The number of nitrogens with zero attached hydrogens (tertiary/aromatic N) is 1. The predicted octanol–water partition coefficient (Wildman–Crippen LogP) is 3.26. The highest BCUT2D eigenvalue weighted by molar-refractivity contribution is 5.94. The Kier molecular flexibility index (Phi) is 2.87. The number of carbonyl (C=O) groups excluding carboxylic acids is 2. The van der Waals surface area contributed by atoms with Crippen molar-refractivity contribution < 1.29 is 19.1 Å². The first-order chi connectivity index (χ1) is 11.3. The molecule has 2 aromatic rings. The van der Waals surface area contributed by atoms with Crippen molar-refractivity contribution in [3.8, 4) is 5.88 Å². The highest BCUT2D eigenvalue weighted by Gasteiger charge is 2.76. The quantitative estimate of drug-likeness (QED) is 0.793. The van der Waals surface area contributed by atoms with E-state index in [-0.39, 0.29) is 11.8 Å². The van der Waals surface area contributed by atoms with Crippen LogP contribution in [0.4, 0.5) is 0 Å². The molecule has 5 heteroatoms. The van der Waals surface area contributed by atoms with Crippen LogP contribution in [-0.4, -0.2) is 22.5 Å². The van der Waals surface area contributed by atoms with E-state index in [0.29, 0.717) is 12.8 Å². The van der Waals surface area contributed by atoms with Crippen LogP contribution in [0.15, 0.2) is 36.4 Å². The number of pyridine rings is 1. The van der Waals surface area contributed by atoms with E-state index in [2.05, 4.69) is 4.98 Å². The van der Waals surface area contributed by atoms with Gasteiger partial charge in [0.15, 0.2) is 0 Å². The van der Waals surface area contributed by atoms with Crippen LogP contribution >= 0.6 is 0 Å². The second-order valence-corrected chi connectivity index (χ2v) is 7.41. The zero-order valence-electron chi connectivity index (χ0n) is 14.0. The summed E-state index contributed by atoms with van der Waals surface area (Å²) in [5, 5.41) is 0.969. The molecule has 1 saturated carbocycles. The maximum absolute atomic E-state index is 12.9. The van der Waals surface area contributed by atoms with Crippen molar-refractivity contribution in [2.75, 3.05) is 0 Å². The van der Waals surface area contributed by atoms with Gasteiger partial charge in [0.1, 0.15) is 0 Å². The Morgan fingerprint density at radius 2 is 1.88 bits per heavy atom. The fraction of sp³-hybridized carbons (Fsp3) is 0.421. The van der Waals surface area contributed by atoms with Gasteiger partial charge in [-0.2, -0.15) is 0 Å². The van der Waals surface area contributed by atoms with Crippen LogP contribution < -0.4 is 4.74 Å². The molecular formula is C19H19NO4. The van der Waals surface area contributed by atoms with Gasteiger partial charge < -0.3 is 9.47 Å². The molecule has 2 unspecified atom stereocenters. The number of carbonyl (C=O) groups is 2. The highest BCUT2D eigenvalue weighted by atomic mass is 16.6. The summed E-state index contributed by atoms with van der Waals surface area (Å²) < 4.78 is 11.1. The Balaban J connectivity index is 1.68. The van der Waals surface area contributed by atoms with Gasteiger partial charge in [-0.05, 0) is 31.9 Å². The Hall–Kier alpha value is -2.43. The first kappa shape index (κ1) is 15.1. The Morgan fingerprint density at radius 1 is 1.12 bits per heavy atom. The van der Waals surface area contributed by atoms with Gasteiger partial charge in [0.2, 0.25) is 11.5 Å². The molecule has 0 radical (unpaired) electrons. The van der Waals surface area contributed by atoms with Crippen molar-refractivity contribution in [2.24, 2.45) is 10.8 Å². The maximum atomic E-state index is 12.9. The average Bonchev–Trinajstić information content (AvgIpc) is 2.85. The van der Waals surface area contributed by atoms with Gasteiger partial charge in [0, 0.05) is 16.9 Å². The lowest BCUT2D eigenvalue weighted by molar-refractivity contribution is -0.176. The lowest BCUT2D eigenvalue weighted by Crippen LogP contribution is -2.50. The number of para-hydroxylation sites is 1. The van der Waals surface area contributed by atoms with Gasteiger partial charge >= 0.3 is 11.9 Å². The van der Waals surface area contributed by atoms with Crippen LogP contribution in [0, 0.1) is 10.8 Å². The van der Waals surface area contributed by atoms with E-state index in [4.69, 9.17) is 9.47 Å². The molecule has 124 valence electrons. The summed E-state index contributed by atoms with van der Waals surface area (Å²) in [6.45, 7) is 5.67. The van der Waals surface area contributed by atoms with Crippen LogP contribution in [0.5, 0.6) is 5.88 Å². The fourth-order valence-corrected chi connectivity index (χ4v) is 3.98. The number of aromatic nitrogens is 1. The summed E-state index contributed by atoms with van der Waals surface area (Å²) in [6, 6.07) is 11.1. The molecule has 0 spiro atoms. The average molecular weight is 325 g/mol. The first-order valence-corrected chi connectivity index (χ1v) is 8.12. The van der Waals surface area contributed by atoms with Gasteiger partial charge in [-0.15, -0.1) is 0 Å². The number of fused-ring (bicyclic) bond motifs is 3. The van der Waals surface area contributed by atoms with Crippen LogP contribution in [0.25, 0.3) is 10.9 Å². The van der Waals surface area contributed by atoms with Crippen molar-refractivity contribution in [3.63, 3.8) is 0 Å². The molecule has 24 heavy (non-hydrogen) atoms. The Bertz CT molecular complexity index is 875. The molecule has 1 aromatic heterocycles. The van der Waals surface area contributed by atoms with E-state index in [9.17, 15) is 9.59 Å². The summed E-state index contributed by atoms with van der Waals surface area (Å²) in [6.07, 6.45) is 1.10. The second-order valence-electron chi connectivity index (χ2n) is 7.41. The molecule has 1 aliphatic heterocycles. The molecule has 0 amide bonds. The molecule has 1 aromatic carbocycles. The lowest BCUT2D eigenvalue weighted by atomic mass is 9.66. The van der Waals surface area contributed by atoms with E-state index in [1.807, 2.05) is 51.1 Å². The van der Waals surface area contributed by atoms with Crippen molar-refractivity contribution in [1.82, 2.24) is 4.98 Å². The summed E-state index contributed by atoms with van der Waals surface area (Å²) in [5.41, 5.74) is -1.75. The summed E-state index contributed by atoms with van der Waals surface area (Å²) >= 11 is 0. The van der Waals surface area contributed by atoms with E-state index in [1.54, 1.807) is 6.07 Å². The SMILES string of the molecule is CC12CCC(C(=O)Oc3ccc4ccccc4n3)(OC1=O)C2(C)C. The smallest absolute Gasteiger partial charge is 0.357 e. The third-order valence-electron chi connectivity index (χ3n) is 6.18. The first-order valence-electron chi connectivity index (χ1n) is 8.12. The zero-order valence-corrected chi connectivity index (χ0v) is 14.0. The molecule has 2 bridgehead atoms. The Labute approximate surface area is 140 Å². The summed E-state index contributed by atoms with van der Waals surface area (Å²) in [4.78, 5) is 29.5. The van der Waals surface area contributed by atoms with E-state index in [0.717, 1.165) is 10.9 Å². The van der Waals surface area contributed by atoms with Crippen molar-refractivity contribution >= 4 is 22.8 Å².